The van der Waals surface area contributed by atoms with Crippen molar-refractivity contribution in [2.24, 2.45) is 0 Å². The molecule has 0 radical (unpaired) electrons. The van der Waals surface area contributed by atoms with Crippen LogP contribution in [0.25, 0.3) is 0 Å². The van der Waals surface area contributed by atoms with Crippen molar-refractivity contribution in [3.05, 3.63) is 23.3 Å². The van der Waals surface area contributed by atoms with Crippen molar-refractivity contribution in [2.75, 3.05) is 14.2 Å². The summed E-state index contributed by atoms with van der Waals surface area (Å²) in [5.41, 5.74) is 2.05. The first-order valence-electron chi connectivity index (χ1n) is 5.50. The molecule has 98 valence electrons. The molecule has 18 heavy (non-hydrogen) atoms. The van der Waals surface area contributed by atoms with E-state index in [0.717, 1.165) is 11.1 Å². The number of methoxy groups -OCH3 is 2. The third-order valence-corrected chi connectivity index (χ3v) is 2.87. The molecule has 6 heteroatoms. The number of hydrogen-bond acceptors (Lipinski definition) is 5. The third kappa shape index (κ3) is 2.48. The Hall–Kier alpha value is -1.95. The molecule has 0 bridgehead atoms. The van der Waals surface area contributed by atoms with Gasteiger partial charge in [-0.3, -0.25) is 5.32 Å². The van der Waals surface area contributed by atoms with Crippen molar-refractivity contribution >= 4 is 6.16 Å². The summed E-state index contributed by atoms with van der Waals surface area (Å²) in [6.45, 7) is 0.535. The topological polar surface area (TPSA) is 77.0 Å². The van der Waals surface area contributed by atoms with E-state index in [9.17, 15) is 4.79 Å². The molecule has 0 spiro atoms. The van der Waals surface area contributed by atoms with Crippen LogP contribution in [0.15, 0.2) is 12.1 Å². The zero-order valence-electron chi connectivity index (χ0n) is 10.2. The van der Waals surface area contributed by atoms with Crippen molar-refractivity contribution in [3.8, 4) is 11.5 Å². The van der Waals surface area contributed by atoms with Gasteiger partial charge in [0.25, 0.3) is 0 Å². The highest BCUT2D eigenvalue weighted by atomic mass is 16.7. The molecule has 0 saturated heterocycles. The van der Waals surface area contributed by atoms with Gasteiger partial charge in [-0.25, -0.2) is 4.79 Å². The molecule has 1 atom stereocenters. The molecule has 2 rings (SSSR count). The van der Waals surface area contributed by atoms with E-state index in [1.165, 1.54) is 0 Å². The van der Waals surface area contributed by atoms with E-state index in [1.807, 2.05) is 12.1 Å². The van der Waals surface area contributed by atoms with Gasteiger partial charge in [-0.15, -0.1) is 0 Å². The maximum atomic E-state index is 10.5. The Balaban J connectivity index is 2.24. The van der Waals surface area contributed by atoms with E-state index in [-0.39, 0.29) is 0 Å². The predicted molar refractivity (Wildman–Crippen MR) is 63.0 cm³/mol. The summed E-state index contributed by atoms with van der Waals surface area (Å²) in [6.07, 6.45) is -1.33. The first kappa shape index (κ1) is 12.5. The number of ether oxygens (including phenoxy) is 3. The largest absolute Gasteiger partial charge is 0.507 e. The molecule has 0 amide bonds. The molecular weight excluding hydrogens is 238 g/mol. The molecule has 1 heterocycles. The number of fused-ring (bicyclic) bond motifs is 1. The smallest absolute Gasteiger partial charge is 0.493 e. The van der Waals surface area contributed by atoms with Gasteiger partial charge in [0.1, 0.15) is 0 Å². The quantitative estimate of drug-likeness (QED) is 0.792. The Morgan fingerprint density at radius 3 is 2.44 bits per heavy atom. The van der Waals surface area contributed by atoms with E-state index in [4.69, 9.17) is 19.3 Å². The lowest BCUT2D eigenvalue weighted by atomic mass is 9.99. The normalized spacial score (nSPS) is 17.8. The fraction of sp³-hybridized carbons (Fsp3) is 0.417. The number of carbonyl (C=O) groups is 1. The Bertz CT molecular complexity index is 460. The first-order valence-corrected chi connectivity index (χ1v) is 5.50. The summed E-state index contributed by atoms with van der Waals surface area (Å²) in [5.74, 6) is 1.29. The van der Waals surface area contributed by atoms with Crippen LogP contribution >= 0.6 is 0 Å². The van der Waals surface area contributed by atoms with Crippen LogP contribution in [-0.4, -0.2) is 31.7 Å². The van der Waals surface area contributed by atoms with Gasteiger partial charge in [-0.05, 0) is 23.3 Å². The van der Waals surface area contributed by atoms with E-state index in [0.29, 0.717) is 24.5 Å². The maximum absolute atomic E-state index is 10.5. The van der Waals surface area contributed by atoms with Gasteiger partial charge in [0, 0.05) is 13.0 Å². The summed E-state index contributed by atoms with van der Waals surface area (Å²) in [7, 11) is 3.15. The summed E-state index contributed by atoms with van der Waals surface area (Å²) in [5, 5.41) is 11.6. The standard InChI is InChI=1S/C12H15NO5/c1-16-9-3-7-5-11(18-12(14)15)13-6-8(7)4-10(9)17-2/h3-4,11,13H,5-6H2,1-2H3,(H,14,15). The van der Waals surface area contributed by atoms with Crippen LogP contribution in [-0.2, 0) is 17.7 Å². The van der Waals surface area contributed by atoms with Crippen LogP contribution in [0.2, 0.25) is 0 Å². The fourth-order valence-electron chi connectivity index (χ4n) is 2.02. The van der Waals surface area contributed by atoms with Crippen LogP contribution in [0.1, 0.15) is 11.1 Å². The Morgan fingerprint density at radius 1 is 1.28 bits per heavy atom. The van der Waals surface area contributed by atoms with Crippen LogP contribution in [0.5, 0.6) is 11.5 Å². The highest BCUT2D eigenvalue weighted by molar-refractivity contribution is 5.57. The summed E-state index contributed by atoms with van der Waals surface area (Å²) >= 11 is 0. The van der Waals surface area contributed by atoms with E-state index >= 15 is 0 Å². The molecule has 6 nitrogen and oxygen atoms in total. The number of benzene rings is 1. The summed E-state index contributed by atoms with van der Waals surface area (Å²) < 4.78 is 15.1. The first-order chi connectivity index (χ1) is 8.63. The van der Waals surface area contributed by atoms with Gasteiger partial charge in [0.05, 0.1) is 14.2 Å². The van der Waals surface area contributed by atoms with Gasteiger partial charge < -0.3 is 19.3 Å². The van der Waals surface area contributed by atoms with Crippen molar-refractivity contribution in [1.82, 2.24) is 5.32 Å². The van der Waals surface area contributed by atoms with Crippen molar-refractivity contribution < 1.29 is 24.1 Å². The monoisotopic (exact) mass is 253 g/mol. The Kier molecular flexibility index (Phi) is 3.57. The van der Waals surface area contributed by atoms with Crippen LogP contribution in [0, 0.1) is 0 Å². The zero-order valence-corrected chi connectivity index (χ0v) is 10.2. The molecule has 0 aromatic heterocycles. The maximum Gasteiger partial charge on any atom is 0.507 e. The number of nitrogens with one attached hydrogen (secondary N) is 1. The molecular formula is C12H15NO5. The molecule has 2 N–H and O–H groups in total. The lowest BCUT2D eigenvalue weighted by Gasteiger charge is -2.25. The molecule has 1 aromatic carbocycles. The zero-order chi connectivity index (χ0) is 13.1. The molecule has 1 aromatic rings. The molecule has 0 fully saturated rings. The Labute approximate surface area is 104 Å². The van der Waals surface area contributed by atoms with Gasteiger partial charge in [0.2, 0.25) is 0 Å². The minimum absolute atomic E-state index is 0.474. The minimum atomic E-state index is -1.28. The second kappa shape index (κ2) is 5.14. The van der Waals surface area contributed by atoms with Crippen LogP contribution < -0.4 is 14.8 Å². The van der Waals surface area contributed by atoms with Gasteiger partial charge in [-0.1, -0.05) is 0 Å². The third-order valence-electron chi connectivity index (χ3n) is 2.87. The second-order valence-corrected chi connectivity index (χ2v) is 3.93. The highest BCUT2D eigenvalue weighted by Crippen LogP contribution is 2.32. The Morgan fingerprint density at radius 2 is 1.89 bits per heavy atom. The highest BCUT2D eigenvalue weighted by Gasteiger charge is 2.23. The van der Waals surface area contributed by atoms with Gasteiger partial charge in [-0.2, -0.15) is 0 Å². The molecule has 1 unspecified atom stereocenters. The molecule has 1 aliphatic rings. The van der Waals surface area contributed by atoms with Crippen LogP contribution in [0.4, 0.5) is 4.79 Å². The van der Waals surface area contributed by atoms with Gasteiger partial charge in [0.15, 0.2) is 17.7 Å². The van der Waals surface area contributed by atoms with Crippen LogP contribution in [0.3, 0.4) is 0 Å². The molecule has 0 aliphatic carbocycles. The number of hydrogen-bond donors (Lipinski definition) is 2. The van der Waals surface area contributed by atoms with E-state index in [1.54, 1.807) is 14.2 Å². The predicted octanol–water partition coefficient (Wildman–Crippen LogP) is 1.37. The SMILES string of the molecule is COc1cc2c(cc1OC)CC(OC(=O)O)NC2. The fourth-order valence-corrected chi connectivity index (χ4v) is 2.02. The summed E-state index contributed by atoms with van der Waals surface area (Å²) in [6, 6.07) is 3.74. The van der Waals surface area contributed by atoms with E-state index < -0.39 is 12.4 Å². The average Bonchev–Trinajstić information content (AvgIpc) is 2.36. The lowest BCUT2D eigenvalue weighted by molar-refractivity contribution is 0.0331. The van der Waals surface area contributed by atoms with Crippen molar-refractivity contribution in [2.45, 2.75) is 19.2 Å². The summed E-state index contributed by atoms with van der Waals surface area (Å²) in [4.78, 5) is 10.5. The van der Waals surface area contributed by atoms with Crippen molar-refractivity contribution in [3.63, 3.8) is 0 Å². The van der Waals surface area contributed by atoms with E-state index in [2.05, 4.69) is 5.32 Å². The second-order valence-electron chi connectivity index (χ2n) is 3.93. The molecule has 1 aliphatic heterocycles. The van der Waals surface area contributed by atoms with Crippen molar-refractivity contribution in [1.29, 1.82) is 0 Å². The molecule has 0 saturated carbocycles. The van der Waals surface area contributed by atoms with Gasteiger partial charge >= 0.3 is 6.16 Å². The number of rotatable bonds is 3. The lowest BCUT2D eigenvalue weighted by Crippen LogP contribution is -2.38. The minimum Gasteiger partial charge on any atom is -0.493 e. The average molecular weight is 253 g/mol. The number of carboxylic acid groups (broad SMARTS) is 1.